The zero-order chi connectivity index (χ0) is 13.7. The molecule has 0 spiro atoms. The Labute approximate surface area is 113 Å². The van der Waals surface area contributed by atoms with Crippen LogP contribution >= 0.6 is 0 Å². The molecule has 0 unspecified atom stereocenters. The Morgan fingerprint density at radius 3 is 2.63 bits per heavy atom. The van der Waals surface area contributed by atoms with E-state index < -0.39 is 5.54 Å². The molecule has 4 heteroatoms. The predicted octanol–water partition coefficient (Wildman–Crippen LogP) is 2.95. The molecule has 4 nitrogen and oxygen atoms in total. The quantitative estimate of drug-likeness (QED) is 0.604. The summed E-state index contributed by atoms with van der Waals surface area (Å²) in [5.41, 5.74) is 1.50. The van der Waals surface area contributed by atoms with E-state index in [1.807, 2.05) is 18.2 Å². The number of hydrogen-bond donors (Lipinski definition) is 0. The summed E-state index contributed by atoms with van der Waals surface area (Å²) in [4.78, 5) is 14.9. The van der Waals surface area contributed by atoms with E-state index in [0.717, 1.165) is 42.6 Å². The smallest absolute Gasteiger partial charge is 0.235 e. The Hall–Kier alpha value is -1.64. The molecular weight excluding hydrogens is 242 g/mol. The summed E-state index contributed by atoms with van der Waals surface area (Å²) in [6.07, 6.45) is 5.62. The lowest BCUT2D eigenvalue weighted by Crippen LogP contribution is -2.20. The molecule has 0 N–H and O–H groups in total. The SMILES string of the molecule is COCc1cccc(C2(N=C=O)CCCC2)c1OC. The van der Waals surface area contributed by atoms with Crippen LogP contribution in [0.2, 0.25) is 0 Å². The third-order valence-corrected chi connectivity index (χ3v) is 3.79. The Kier molecular flexibility index (Phi) is 4.35. The molecule has 1 fully saturated rings. The fraction of sp³-hybridized carbons (Fsp3) is 0.533. The van der Waals surface area contributed by atoms with Gasteiger partial charge in [-0.3, -0.25) is 0 Å². The Balaban J connectivity index is 2.53. The summed E-state index contributed by atoms with van der Waals surface area (Å²) in [6.45, 7) is 0.484. The van der Waals surface area contributed by atoms with Crippen molar-refractivity contribution >= 4 is 6.08 Å². The van der Waals surface area contributed by atoms with Gasteiger partial charge < -0.3 is 9.47 Å². The maximum atomic E-state index is 10.8. The molecule has 2 rings (SSSR count). The van der Waals surface area contributed by atoms with Gasteiger partial charge in [-0.1, -0.05) is 31.0 Å². The lowest BCUT2D eigenvalue weighted by molar-refractivity contribution is 0.181. The fourth-order valence-electron chi connectivity index (χ4n) is 2.95. The standard InChI is InChI=1S/C15H19NO3/c1-18-10-12-6-5-7-13(14(12)19-2)15(16-11-17)8-3-4-9-15/h5-7H,3-4,8-10H2,1-2H3. The second-order valence-corrected chi connectivity index (χ2v) is 4.87. The van der Waals surface area contributed by atoms with Crippen LogP contribution in [0, 0.1) is 0 Å². The first kappa shape index (κ1) is 13.8. The van der Waals surface area contributed by atoms with Gasteiger partial charge in [-0.15, -0.1) is 0 Å². The van der Waals surface area contributed by atoms with E-state index in [-0.39, 0.29) is 0 Å². The van der Waals surface area contributed by atoms with E-state index in [9.17, 15) is 4.79 Å². The van der Waals surface area contributed by atoms with Gasteiger partial charge in [0, 0.05) is 18.2 Å². The average molecular weight is 261 g/mol. The van der Waals surface area contributed by atoms with Gasteiger partial charge in [0.05, 0.1) is 13.7 Å². The predicted molar refractivity (Wildman–Crippen MR) is 72.0 cm³/mol. The molecule has 0 bridgehead atoms. The number of rotatable bonds is 5. The number of aliphatic imine (C=N–C) groups is 1. The molecular formula is C15H19NO3. The number of nitrogens with zero attached hydrogens (tertiary/aromatic N) is 1. The van der Waals surface area contributed by atoms with Crippen LogP contribution in [0.25, 0.3) is 0 Å². The highest BCUT2D eigenvalue weighted by Gasteiger charge is 2.38. The van der Waals surface area contributed by atoms with Gasteiger partial charge in [-0.2, -0.15) is 4.99 Å². The molecule has 0 amide bonds. The zero-order valence-electron chi connectivity index (χ0n) is 11.4. The number of para-hydroxylation sites is 1. The lowest BCUT2D eigenvalue weighted by Gasteiger charge is -2.26. The molecule has 1 aromatic carbocycles. The fourth-order valence-corrected chi connectivity index (χ4v) is 2.95. The van der Waals surface area contributed by atoms with E-state index in [1.165, 1.54) is 0 Å². The Bertz CT molecular complexity index is 486. The van der Waals surface area contributed by atoms with Crippen LogP contribution in [-0.2, 0) is 21.7 Å². The van der Waals surface area contributed by atoms with Crippen molar-refractivity contribution in [3.63, 3.8) is 0 Å². The van der Waals surface area contributed by atoms with Crippen molar-refractivity contribution in [2.75, 3.05) is 14.2 Å². The number of methoxy groups -OCH3 is 2. The van der Waals surface area contributed by atoms with Crippen LogP contribution in [0.4, 0.5) is 0 Å². The molecule has 1 aliphatic carbocycles. The second-order valence-electron chi connectivity index (χ2n) is 4.87. The van der Waals surface area contributed by atoms with Crippen LogP contribution in [0.5, 0.6) is 5.75 Å². The minimum atomic E-state index is -0.461. The Morgan fingerprint density at radius 2 is 2.05 bits per heavy atom. The van der Waals surface area contributed by atoms with Crippen molar-refractivity contribution in [2.24, 2.45) is 4.99 Å². The maximum Gasteiger partial charge on any atom is 0.235 e. The molecule has 0 aromatic heterocycles. The first-order valence-corrected chi connectivity index (χ1v) is 6.52. The van der Waals surface area contributed by atoms with Crippen LogP contribution in [0.15, 0.2) is 23.2 Å². The lowest BCUT2D eigenvalue weighted by atomic mass is 9.87. The first-order chi connectivity index (χ1) is 9.27. The van der Waals surface area contributed by atoms with Crippen molar-refractivity contribution in [1.29, 1.82) is 0 Å². The minimum Gasteiger partial charge on any atom is -0.496 e. The van der Waals surface area contributed by atoms with E-state index in [0.29, 0.717) is 6.61 Å². The summed E-state index contributed by atoms with van der Waals surface area (Å²) < 4.78 is 10.7. The van der Waals surface area contributed by atoms with Gasteiger partial charge in [0.2, 0.25) is 6.08 Å². The maximum absolute atomic E-state index is 10.8. The monoisotopic (exact) mass is 261 g/mol. The topological polar surface area (TPSA) is 47.9 Å². The van der Waals surface area contributed by atoms with Gasteiger partial charge >= 0.3 is 0 Å². The molecule has 0 aliphatic heterocycles. The molecule has 1 aliphatic rings. The highest BCUT2D eigenvalue weighted by Crippen LogP contribution is 2.46. The molecule has 1 saturated carbocycles. The van der Waals surface area contributed by atoms with Gasteiger partial charge in [0.15, 0.2) is 0 Å². The third-order valence-electron chi connectivity index (χ3n) is 3.79. The molecule has 0 heterocycles. The molecule has 0 radical (unpaired) electrons. The highest BCUT2D eigenvalue weighted by atomic mass is 16.5. The third kappa shape index (κ3) is 2.55. The van der Waals surface area contributed by atoms with Crippen LogP contribution in [-0.4, -0.2) is 20.3 Å². The van der Waals surface area contributed by atoms with E-state index in [1.54, 1.807) is 20.3 Å². The van der Waals surface area contributed by atoms with Gasteiger partial charge in [0.25, 0.3) is 0 Å². The molecule has 1 aromatic rings. The van der Waals surface area contributed by atoms with Crippen molar-refractivity contribution in [1.82, 2.24) is 0 Å². The molecule has 0 saturated heterocycles. The van der Waals surface area contributed by atoms with Crippen LogP contribution < -0.4 is 4.74 Å². The van der Waals surface area contributed by atoms with E-state index in [2.05, 4.69) is 4.99 Å². The normalized spacial score (nSPS) is 16.9. The van der Waals surface area contributed by atoms with Crippen molar-refractivity contribution in [3.8, 4) is 5.75 Å². The van der Waals surface area contributed by atoms with Crippen molar-refractivity contribution in [3.05, 3.63) is 29.3 Å². The van der Waals surface area contributed by atoms with Crippen molar-refractivity contribution in [2.45, 2.75) is 37.8 Å². The second kappa shape index (κ2) is 6.00. The van der Waals surface area contributed by atoms with Crippen LogP contribution in [0.3, 0.4) is 0 Å². The molecule has 0 atom stereocenters. The Morgan fingerprint density at radius 1 is 1.32 bits per heavy atom. The zero-order valence-corrected chi connectivity index (χ0v) is 11.4. The van der Waals surface area contributed by atoms with Crippen molar-refractivity contribution < 1.29 is 14.3 Å². The summed E-state index contributed by atoms with van der Waals surface area (Å²) in [5, 5.41) is 0. The van der Waals surface area contributed by atoms with Gasteiger partial charge in [-0.05, 0) is 12.8 Å². The largest absolute Gasteiger partial charge is 0.496 e. The summed E-state index contributed by atoms with van der Waals surface area (Å²) >= 11 is 0. The number of hydrogen-bond acceptors (Lipinski definition) is 4. The first-order valence-electron chi connectivity index (χ1n) is 6.52. The van der Waals surface area contributed by atoms with Crippen LogP contribution in [0.1, 0.15) is 36.8 Å². The molecule has 102 valence electrons. The molecule has 19 heavy (non-hydrogen) atoms. The van der Waals surface area contributed by atoms with Gasteiger partial charge in [-0.25, -0.2) is 4.79 Å². The number of benzene rings is 1. The van der Waals surface area contributed by atoms with E-state index >= 15 is 0 Å². The highest BCUT2D eigenvalue weighted by molar-refractivity contribution is 5.48. The minimum absolute atomic E-state index is 0.461. The van der Waals surface area contributed by atoms with Gasteiger partial charge in [0.1, 0.15) is 11.3 Å². The van der Waals surface area contributed by atoms with E-state index in [4.69, 9.17) is 9.47 Å². The summed E-state index contributed by atoms with van der Waals surface area (Å²) in [5.74, 6) is 0.783. The number of ether oxygens (including phenoxy) is 2. The number of carbonyl (C=O) groups excluding carboxylic acids is 1. The number of isocyanates is 1. The summed E-state index contributed by atoms with van der Waals surface area (Å²) in [7, 11) is 3.30. The average Bonchev–Trinajstić information content (AvgIpc) is 2.89. The summed E-state index contributed by atoms with van der Waals surface area (Å²) in [6, 6.07) is 5.93.